The molecule has 5 heteroatoms. The summed E-state index contributed by atoms with van der Waals surface area (Å²) in [6, 6.07) is 7.57. The van der Waals surface area contributed by atoms with Gasteiger partial charge in [0.1, 0.15) is 6.07 Å². The predicted molar refractivity (Wildman–Crippen MR) is 67.3 cm³/mol. The fraction of sp³-hybridized carbons (Fsp3) is 0.143. The van der Waals surface area contributed by atoms with Gasteiger partial charge in [-0.1, -0.05) is 6.07 Å². The van der Waals surface area contributed by atoms with Gasteiger partial charge in [0, 0.05) is 12.4 Å². The summed E-state index contributed by atoms with van der Waals surface area (Å²) >= 11 is 0. The van der Waals surface area contributed by atoms with Gasteiger partial charge in [-0.2, -0.15) is 5.26 Å². The minimum absolute atomic E-state index is 0.0212. The van der Waals surface area contributed by atoms with Gasteiger partial charge in [-0.25, -0.2) is 8.78 Å². The molecule has 2 rings (SSSR count). The van der Waals surface area contributed by atoms with Crippen LogP contribution >= 0.6 is 0 Å². The molecule has 19 heavy (non-hydrogen) atoms. The Labute approximate surface area is 109 Å². The van der Waals surface area contributed by atoms with E-state index in [1.165, 1.54) is 12.1 Å². The van der Waals surface area contributed by atoms with Gasteiger partial charge in [0.15, 0.2) is 11.6 Å². The predicted octanol–water partition coefficient (Wildman–Crippen LogP) is 3.40. The van der Waals surface area contributed by atoms with E-state index in [1.54, 1.807) is 24.5 Å². The van der Waals surface area contributed by atoms with E-state index in [1.807, 2.05) is 13.0 Å². The van der Waals surface area contributed by atoms with Crippen LogP contribution in [0.25, 0.3) is 0 Å². The quantitative estimate of drug-likeness (QED) is 0.918. The molecule has 0 fully saturated rings. The number of nitrogens with one attached hydrogen (secondary N) is 1. The maximum Gasteiger partial charge on any atom is 0.183 e. The van der Waals surface area contributed by atoms with Crippen LogP contribution in [0.15, 0.2) is 36.7 Å². The molecule has 3 nitrogen and oxygen atoms in total. The van der Waals surface area contributed by atoms with Crippen molar-refractivity contribution in [3.05, 3.63) is 59.4 Å². The number of anilines is 1. The Kier molecular flexibility index (Phi) is 3.71. The van der Waals surface area contributed by atoms with Crippen LogP contribution in [0.1, 0.15) is 24.1 Å². The van der Waals surface area contributed by atoms with Crippen molar-refractivity contribution >= 4 is 5.69 Å². The highest BCUT2D eigenvalue weighted by Crippen LogP contribution is 2.24. The summed E-state index contributed by atoms with van der Waals surface area (Å²) in [7, 11) is 0. The zero-order valence-electron chi connectivity index (χ0n) is 10.2. The van der Waals surface area contributed by atoms with Crippen molar-refractivity contribution in [2.24, 2.45) is 0 Å². The minimum atomic E-state index is -1.13. The lowest BCUT2D eigenvalue weighted by molar-refractivity contribution is 0.507. The van der Waals surface area contributed by atoms with Crippen molar-refractivity contribution in [2.75, 3.05) is 5.32 Å². The van der Waals surface area contributed by atoms with Crippen molar-refractivity contribution in [3.63, 3.8) is 0 Å². The maximum absolute atomic E-state index is 13.7. The van der Waals surface area contributed by atoms with Crippen molar-refractivity contribution in [1.29, 1.82) is 5.26 Å². The number of nitrogens with zero attached hydrogens (tertiary/aromatic N) is 2. The fourth-order valence-electron chi connectivity index (χ4n) is 1.70. The summed E-state index contributed by atoms with van der Waals surface area (Å²) in [6.45, 7) is 1.81. The number of nitriles is 1. The van der Waals surface area contributed by atoms with E-state index in [4.69, 9.17) is 5.26 Å². The van der Waals surface area contributed by atoms with Gasteiger partial charge >= 0.3 is 0 Å². The lowest BCUT2D eigenvalue weighted by atomic mass is 10.1. The SMILES string of the molecule is CC(Nc1ccc(C#N)c(F)c1F)c1cccnc1. The Bertz CT molecular complexity index is 621. The van der Waals surface area contributed by atoms with Crippen LogP contribution in [0.2, 0.25) is 0 Å². The monoisotopic (exact) mass is 259 g/mol. The van der Waals surface area contributed by atoms with Crippen LogP contribution in [-0.2, 0) is 0 Å². The average Bonchev–Trinajstić information content (AvgIpc) is 2.45. The molecule has 0 radical (unpaired) electrons. The van der Waals surface area contributed by atoms with Gasteiger partial charge < -0.3 is 5.32 Å². The number of hydrogen-bond donors (Lipinski definition) is 1. The molecule has 1 unspecified atom stereocenters. The van der Waals surface area contributed by atoms with E-state index in [2.05, 4.69) is 10.3 Å². The van der Waals surface area contributed by atoms with E-state index in [-0.39, 0.29) is 17.3 Å². The molecule has 1 N–H and O–H groups in total. The molecule has 0 spiro atoms. The first kappa shape index (κ1) is 13.0. The van der Waals surface area contributed by atoms with Gasteiger partial charge in [0.05, 0.1) is 17.3 Å². The van der Waals surface area contributed by atoms with E-state index in [9.17, 15) is 8.78 Å². The Morgan fingerprint density at radius 2 is 2.05 bits per heavy atom. The van der Waals surface area contributed by atoms with Crippen molar-refractivity contribution in [1.82, 2.24) is 4.98 Å². The van der Waals surface area contributed by atoms with Crippen LogP contribution < -0.4 is 5.32 Å². The Hall–Kier alpha value is -2.48. The third kappa shape index (κ3) is 2.68. The molecule has 0 aliphatic carbocycles. The lowest BCUT2D eigenvalue weighted by Crippen LogP contribution is -2.09. The Morgan fingerprint density at radius 1 is 1.26 bits per heavy atom. The molecule has 0 saturated heterocycles. The van der Waals surface area contributed by atoms with E-state index in [0.717, 1.165) is 5.56 Å². The molecule has 96 valence electrons. The molecule has 0 amide bonds. The standard InChI is InChI=1S/C14H11F2N3/c1-9(11-3-2-6-18-8-11)19-12-5-4-10(7-17)13(15)14(12)16/h2-6,8-9,19H,1H3. The second-order valence-electron chi connectivity index (χ2n) is 4.05. The molecule has 1 atom stereocenters. The molecular weight excluding hydrogens is 248 g/mol. The first-order valence-corrected chi connectivity index (χ1v) is 5.68. The third-order valence-electron chi connectivity index (χ3n) is 2.76. The van der Waals surface area contributed by atoms with Crippen LogP contribution in [0.4, 0.5) is 14.5 Å². The molecule has 1 aromatic carbocycles. The highest BCUT2D eigenvalue weighted by molar-refractivity contribution is 5.51. The van der Waals surface area contributed by atoms with Gasteiger partial charge in [-0.05, 0) is 30.7 Å². The number of aromatic nitrogens is 1. The molecular formula is C14H11F2N3. The second kappa shape index (κ2) is 5.44. The zero-order valence-corrected chi connectivity index (χ0v) is 10.2. The van der Waals surface area contributed by atoms with Crippen LogP contribution in [0, 0.1) is 23.0 Å². The second-order valence-corrected chi connectivity index (χ2v) is 4.05. The average molecular weight is 259 g/mol. The molecule has 2 aromatic rings. The number of hydrogen-bond acceptors (Lipinski definition) is 3. The van der Waals surface area contributed by atoms with Crippen molar-refractivity contribution < 1.29 is 8.78 Å². The number of halogens is 2. The highest BCUT2D eigenvalue weighted by Gasteiger charge is 2.15. The first-order valence-electron chi connectivity index (χ1n) is 5.68. The van der Waals surface area contributed by atoms with Crippen molar-refractivity contribution in [2.45, 2.75) is 13.0 Å². The number of benzene rings is 1. The summed E-state index contributed by atoms with van der Waals surface area (Å²) < 4.78 is 27.2. The van der Waals surface area contributed by atoms with E-state index in [0.29, 0.717) is 0 Å². The largest absolute Gasteiger partial charge is 0.376 e. The van der Waals surface area contributed by atoms with Gasteiger partial charge in [-0.3, -0.25) is 4.98 Å². The topological polar surface area (TPSA) is 48.7 Å². The van der Waals surface area contributed by atoms with Gasteiger partial charge in [0.2, 0.25) is 0 Å². The van der Waals surface area contributed by atoms with E-state index >= 15 is 0 Å². The summed E-state index contributed by atoms with van der Waals surface area (Å²) in [5, 5.41) is 11.5. The molecule has 0 saturated carbocycles. The summed E-state index contributed by atoms with van der Waals surface area (Å²) in [4.78, 5) is 3.96. The normalized spacial score (nSPS) is 11.7. The third-order valence-corrected chi connectivity index (χ3v) is 2.76. The minimum Gasteiger partial charge on any atom is -0.376 e. The summed E-state index contributed by atoms with van der Waals surface area (Å²) in [5.41, 5.74) is 0.566. The Morgan fingerprint density at radius 3 is 2.68 bits per heavy atom. The summed E-state index contributed by atoms with van der Waals surface area (Å²) in [5.74, 6) is -2.18. The fourth-order valence-corrected chi connectivity index (χ4v) is 1.70. The molecule has 1 heterocycles. The van der Waals surface area contributed by atoms with Crippen LogP contribution in [0.5, 0.6) is 0 Å². The molecule has 0 aliphatic heterocycles. The van der Waals surface area contributed by atoms with Crippen LogP contribution in [-0.4, -0.2) is 4.98 Å². The molecule has 0 aliphatic rings. The molecule has 0 bridgehead atoms. The first-order chi connectivity index (χ1) is 9.13. The van der Waals surface area contributed by atoms with Crippen molar-refractivity contribution in [3.8, 4) is 6.07 Å². The smallest absolute Gasteiger partial charge is 0.183 e. The maximum atomic E-state index is 13.7. The summed E-state index contributed by atoms with van der Waals surface area (Å²) in [6.07, 6.45) is 3.29. The lowest BCUT2D eigenvalue weighted by Gasteiger charge is -2.16. The van der Waals surface area contributed by atoms with Gasteiger partial charge in [-0.15, -0.1) is 0 Å². The number of pyridine rings is 1. The van der Waals surface area contributed by atoms with Crippen LogP contribution in [0.3, 0.4) is 0 Å². The Balaban J connectivity index is 2.26. The highest BCUT2D eigenvalue weighted by atomic mass is 19.2. The zero-order chi connectivity index (χ0) is 13.8. The van der Waals surface area contributed by atoms with E-state index < -0.39 is 11.6 Å². The molecule has 1 aromatic heterocycles. The number of rotatable bonds is 3. The van der Waals surface area contributed by atoms with Gasteiger partial charge in [0.25, 0.3) is 0 Å².